The van der Waals surface area contributed by atoms with Crippen molar-refractivity contribution in [1.29, 1.82) is 0 Å². The number of halogens is 3. The van der Waals surface area contributed by atoms with E-state index in [-0.39, 0.29) is 23.6 Å². The summed E-state index contributed by atoms with van der Waals surface area (Å²) in [6.07, 6.45) is -2.56. The van der Waals surface area contributed by atoms with E-state index in [4.69, 9.17) is 0 Å². The van der Waals surface area contributed by atoms with Crippen LogP contribution >= 0.6 is 11.8 Å². The molecule has 1 atom stereocenters. The van der Waals surface area contributed by atoms with E-state index in [1.54, 1.807) is 60.7 Å². The average Bonchev–Trinajstić information content (AvgIpc) is 3.83. The molecule has 43 heavy (non-hydrogen) atoms. The van der Waals surface area contributed by atoms with E-state index in [1.165, 1.54) is 23.9 Å². The number of nitrogens with one attached hydrogen (secondary N) is 3. The van der Waals surface area contributed by atoms with Crippen LogP contribution in [0, 0.1) is 0 Å². The van der Waals surface area contributed by atoms with E-state index in [2.05, 4.69) is 16.0 Å². The molecular formula is C33H28F3N3O3S. The van der Waals surface area contributed by atoms with Gasteiger partial charge in [0, 0.05) is 22.2 Å². The topological polar surface area (TPSA) is 87.3 Å². The lowest BCUT2D eigenvalue weighted by Gasteiger charge is -2.19. The lowest BCUT2D eigenvalue weighted by atomic mass is 9.98. The number of amides is 3. The number of thioether (sulfide) groups is 1. The Labute approximate surface area is 251 Å². The van der Waals surface area contributed by atoms with Gasteiger partial charge in [-0.05, 0) is 72.0 Å². The predicted molar refractivity (Wildman–Crippen MR) is 160 cm³/mol. The molecule has 5 rings (SSSR count). The molecule has 0 bridgehead atoms. The first-order chi connectivity index (χ1) is 20.7. The molecule has 0 saturated heterocycles. The Balaban J connectivity index is 1.18. The summed E-state index contributed by atoms with van der Waals surface area (Å²) < 4.78 is 38.9. The van der Waals surface area contributed by atoms with E-state index in [1.807, 2.05) is 18.2 Å². The Bertz CT molecular complexity index is 1590. The summed E-state index contributed by atoms with van der Waals surface area (Å²) in [5.41, 5.74) is 1.77. The molecule has 1 aliphatic rings. The van der Waals surface area contributed by atoms with Gasteiger partial charge < -0.3 is 16.0 Å². The molecule has 0 aliphatic heterocycles. The van der Waals surface area contributed by atoms with Crippen molar-refractivity contribution in [3.8, 4) is 11.1 Å². The lowest BCUT2D eigenvalue weighted by molar-refractivity contribution is -0.137. The van der Waals surface area contributed by atoms with Gasteiger partial charge in [0.2, 0.25) is 11.8 Å². The molecule has 1 unspecified atom stereocenters. The molecule has 0 heterocycles. The molecule has 220 valence electrons. The van der Waals surface area contributed by atoms with Crippen molar-refractivity contribution in [2.24, 2.45) is 0 Å². The van der Waals surface area contributed by atoms with Crippen LogP contribution in [-0.2, 0) is 15.8 Å². The number of carbonyl (C=O) groups is 3. The SMILES string of the molecule is O=C(CSc1ccc(NC(=O)c2ccccc2-c2ccc(C(F)(F)F)cc2)cc1)NC(C(=O)NC1CC1)c1ccccc1. The first-order valence-corrected chi connectivity index (χ1v) is 14.6. The minimum Gasteiger partial charge on any atom is -0.351 e. The van der Waals surface area contributed by atoms with E-state index >= 15 is 0 Å². The number of alkyl halides is 3. The van der Waals surface area contributed by atoms with Crippen molar-refractivity contribution in [2.45, 2.75) is 36.0 Å². The highest BCUT2D eigenvalue weighted by Gasteiger charge is 2.30. The van der Waals surface area contributed by atoms with Crippen LogP contribution in [0.5, 0.6) is 0 Å². The molecule has 0 spiro atoms. The molecule has 4 aromatic rings. The van der Waals surface area contributed by atoms with Crippen LogP contribution < -0.4 is 16.0 Å². The number of hydrogen-bond donors (Lipinski definition) is 3. The van der Waals surface area contributed by atoms with Crippen molar-refractivity contribution in [3.63, 3.8) is 0 Å². The van der Waals surface area contributed by atoms with Crippen LogP contribution in [0.2, 0.25) is 0 Å². The maximum atomic E-state index is 13.1. The molecule has 4 aromatic carbocycles. The normalized spacial score (nSPS) is 13.6. The number of anilines is 1. The third-order valence-electron chi connectivity index (χ3n) is 6.80. The summed E-state index contributed by atoms with van der Waals surface area (Å²) in [6, 6.07) is 26.8. The third kappa shape index (κ3) is 8.04. The van der Waals surface area contributed by atoms with Crippen LogP contribution in [0.25, 0.3) is 11.1 Å². The highest BCUT2D eigenvalue weighted by Crippen LogP contribution is 2.32. The van der Waals surface area contributed by atoms with Gasteiger partial charge in [0.15, 0.2) is 0 Å². The number of rotatable bonds is 10. The second-order valence-electron chi connectivity index (χ2n) is 10.1. The first kappa shape index (κ1) is 29.9. The van der Waals surface area contributed by atoms with Crippen molar-refractivity contribution in [1.82, 2.24) is 10.6 Å². The zero-order valence-corrected chi connectivity index (χ0v) is 23.7. The quantitative estimate of drug-likeness (QED) is 0.173. The van der Waals surface area contributed by atoms with E-state index in [0.717, 1.165) is 29.9 Å². The van der Waals surface area contributed by atoms with Gasteiger partial charge in [-0.15, -0.1) is 11.8 Å². The van der Waals surface area contributed by atoms with Crippen LogP contribution in [0.15, 0.2) is 108 Å². The fourth-order valence-electron chi connectivity index (χ4n) is 4.41. The Hall–Kier alpha value is -4.57. The molecule has 1 fully saturated rings. The fourth-order valence-corrected chi connectivity index (χ4v) is 5.12. The Morgan fingerprint density at radius 1 is 0.814 bits per heavy atom. The van der Waals surface area contributed by atoms with Gasteiger partial charge in [0.25, 0.3) is 5.91 Å². The average molecular weight is 604 g/mol. The van der Waals surface area contributed by atoms with E-state index in [0.29, 0.717) is 27.9 Å². The van der Waals surface area contributed by atoms with Crippen molar-refractivity contribution >= 4 is 35.2 Å². The smallest absolute Gasteiger partial charge is 0.351 e. The van der Waals surface area contributed by atoms with Gasteiger partial charge in [-0.2, -0.15) is 13.2 Å². The molecule has 3 amide bonds. The highest BCUT2D eigenvalue weighted by atomic mass is 32.2. The second kappa shape index (κ2) is 13.2. The van der Waals surface area contributed by atoms with Gasteiger partial charge in [0.1, 0.15) is 6.04 Å². The Morgan fingerprint density at radius 2 is 1.47 bits per heavy atom. The van der Waals surface area contributed by atoms with Crippen molar-refractivity contribution in [2.75, 3.05) is 11.1 Å². The second-order valence-corrected chi connectivity index (χ2v) is 11.1. The molecular weight excluding hydrogens is 575 g/mol. The maximum Gasteiger partial charge on any atom is 0.416 e. The van der Waals surface area contributed by atoms with E-state index in [9.17, 15) is 27.6 Å². The Kier molecular flexibility index (Phi) is 9.16. The van der Waals surface area contributed by atoms with Crippen molar-refractivity contribution < 1.29 is 27.6 Å². The minimum absolute atomic E-state index is 0.0895. The molecule has 3 N–H and O–H groups in total. The first-order valence-electron chi connectivity index (χ1n) is 13.6. The number of benzene rings is 4. The van der Waals surface area contributed by atoms with Crippen LogP contribution in [0.3, 0.4) is 0 Å². The van der Waals surface area contributed by atoms with Crippen LogP contribution in [-0.4, -0.2) is 29.5 Å². The summed E-state index contributed by atoms with van der Waals surface area (Å²) in [5.74, 6) is -0.840. The summed E-state index contributed by atoms with van der Waals surface area (Å²) >= 11 is 1.29. The maximum absolute atomic E-state index is 13.1. The highest BCUT2D eigenvalue weighted by molar-refractivity contribution is 8.00. The third-order valence-corrected chi connectivity index (χ3v) is 7.81. The summed E-state index contributed by atoms with van der Waals surface area (Å²) in [7, 11) is 0. The van der Waals surface area contributed by atoms with Crippen LogP contribution in [0.4, 0.5) is 18.9 Å². The zero-order chi connectivity index (χ0) is 30.4. The molecule has 1 aliphatic carbocycles. The van der Waals surface area contributed by atoms with E-state index < -0.39 is 23.7 Å². The molecule has 0 aromatic heterocycles. The van der Waals surface area contributed by atoms with Gasteiger partial charge in [-0.1, -0.05) is 60.7 Å². The van der Waals surface area contributed by atoms with Gasteiger partial charge in [0.05, 0.1) is 11.3 Å². The molecule has 6 nitrogen and oxygen atoms in total. The van der Waals surface area contributed by atoms with Gasteiger partial charge in [-0.3, -0.25) is 14.4 Å². The molecule has 1 saturated carbocycles. The van der Waals surface area contributed by atoms with Crippen LogP contribution in [0.1, 0.15) is 40.4 Å². The Morgan fingerprint density at radius 3 is 2.12 bits per heavy atom. The monoisotopic (exact) mass is 603 g/mol. The largest absolute Gasteiger partial charge is 0.416 e. The van der Waals surface area contributed by atoms with Crippen molar-refractivity contribution in [3.05, 3.63) is 120 Å². The van der Waals surface area contributed by atoms with Gasteiger partial charge in [-0.25, -0.2) is 0 Å². The summed E-state index contributed by atoms with van der Waals surface area (Å²) in [5, 5.41) is 8.61. The standard InChI is InChI=1S/C33H28F3N3O3S/c34-33(35,36)23-12-10-21(11-13-23)27-8-4-5-9-28(27)31(41)37-25-16-18-26(19-17-25)43-20-29(40)39-30(22-6-2-1-3-7-22)32(42)38-24-14-15-24/h1-13,16-19,24,30H,14-15,20H2,(H,37,41)(H,38,42)(H,39,40). The lowest BCUT2D eigenvalue weighted by Crippen LogP contribution is -2.41. The fraction of sp³-hybridized carbons (Fsp3) is 0.182. The summed E-state index contributed by atoms with van der Waals surface area (Å²) in [6.45, 7) is 0. The number of carbonyl (C=O) groups excluding carboxylic acids is 3. The minimum atomic E-state index is -4.44. The predicted octanol–water partition coefficient (Wildman–Crippen LogP) is 6.85. The number of hydrogen-bond acceptors (Lipinski definition) is 4. The van der Waals surface area contributed by atoms with Gasteiger partial charge >= 0.3 is 6.18 Å². The molecule has 10 heteroatoms. The zero-order valence-electron chi connectivity index (χ0n) is 22.9. The molecule has 0 radical (unpaired) electrons. The summed E-state index contributed by atoms with van der Waals surface area (Å²) in [4.78, 5) is 39.4.